The van der Waals surface area contributed by atoms with Gasteiger partial charge < -0.3 is 10.2 Å². The van der Waals surface area contributed by atoms with E-state index in [1.807, 2.05) is 37.3 Å². The van der Waals surface area contributed by atoms with Crippen molar-refractivity contribution in [3.05, 3.63) is 64.6 Å². The summed E-state index contributed by atoms with van der Waals surface area (Å²) < 4.78 is 3.32. The normalized spacial score (nSPS) is 15.6. The van der Waals surface area contributed by atoms with Crippen molar-refractivity contribution in [2.75, 3.05) is 16.9 Å². The molecule has 1 saturated heterocycles. The molecule has 1 aliphatic rings. The Labute approximate surface area is 189 Å². The Bertz CT molecular complexity index is 1260. The van der Waals surface area contributed by atoms with Crippen molar-refractivity contribution < 1.29 is 9.59 Å². The topological polar surface area (TPSA) is 100 Å². The van der Waals surface area contributed by atoms with Crippen molar-refractivity contribution in [2.45, 2.75) is 32.5 Å². The number of hydrogen-bond donors (Lipinski definition) is 1. The number of anilines is 1. The number of hydrogen-bond acceptors (Lipinski definition) is 5. The van der Waals surface area contributed by atoms with Crippen molar-refractivity contribution in [1.82, 2.24) is 14.0 Å². The zero-order chi connectivity index (χ0) is 22.7. The molecule has 1 unspecified atom stereocenters. The molecule has 4 rings (SSSR count). The van der Waals surface area contributed by atoms with E-state index in [2.05, 4.69) is 5.32 Å². The lowest BCUT2D eigenvalue weighted by atomic mass is 10.2. The van der Waals surface area contributed by atoms with E-state index in [4.69, 9.17) is 5.26 Å². The van der Waals surface area contributed by atoms with Crippen LogP contribution in [0, 0.1) is 11.3 Å². The highest BCUT2D eigenvalue weighted by atomic mass is 32.2. The molecule has 1 atom stereocenters. The Balaban J connectivity index is 1.45. The quantitative estimate of drug-likeness (QED) is 0.624. The maximum atomic E-state index is 13.0. The van der Waals surface area contributed by atoms with Gasteiger partial charge >= 0.3 is 5.69 Å². The lowest BCUT2D eigenvalue weighted by molar-refractivity contribution is -0.136. The van der Waals surface area contributed by atoms with Gasteiger partial charge in [-0.1, -0.05) is 12.1 Å². The number of aromatic nitrogens is 2. The maximum absolute atomic E-state index is 13.0. The molecule has 2 aromatic carbocycles. The molecule has 9 heteroatoms. The van der Waals surface area contributed by atoms with Gasteiger partial charge in [-0.15, -0.1) is 11.8 Å². The van der Waals surface area contributed by atoms with Gasteiger partial charge in [-0.3, -0.25) is 18.7 Å². The van der Waals surface area contributed by atoms with E-state index in [1.165, 1.54) is 11.8 Å². The van der Waals surface area contributed by atoms with Crippen LogP contribution in [0.15, 0.2) is 53.3 Å². The first-order valence-electron chi connectivity index (χ1n) is 10.4. The summed E-state index contributed by atoms with van der Waals surface area (Å²) >= 11 is 1.53. The molecule has 0 aliphatic carbocycles. The van der Waals surface area contributed by atoms with Crippen molar-refractivity contribution in [2.24, 2.45) is 0 Å². The van der Waals surface area contributed by atoms with Gasteiger partial charge in [0.05, 0.1) is 28.5 Å². The summed E-state index contributed by atoms with van der Waals surface area (Å²) in [7, 11) is 0. The molecule has 2 amide bonds. The number of benzene rings is 2. The van der Waals surface area contributed by atoms with Gasteiger partial charge in [0.25, 0.3) is 0 Å². The minimum Gasteiger partial charge on any atom is -0.324 e. The number of imidazole rings is 1. The third kappa shape index (κ3) is 4.14. The number of carbonyl (C=O) groups is 2. The number of nitrogens with zero attached hydrogens (tertiary/aromatic N) is 4. The molecule has 3 aromatic rings. The van der Waals surface area contributed by atoms with Gasteiger partial charge in [0.15, 0.2) is 0 Å². The number of para-hydroxylation sites is 2. The first-order chi connectivity index (χ1) is 15.5. The molecule has 1 aliphatic heterocycles. The summed E-state index contributed by atoms with van der Waals surface area (Å²) in [5.74, 6) is 0.543. The van der Waals surface area contributed by atoms with Gasteiger partial charge in [-0.2, -0.15) is 5.26 Å². The van der Waals surface area contributed by atoms with Gasteiger partial charge in [0.1, 0.15) is 6.04 Å². The number of nitriles is 1. The molecular formula is C23H23N5O3S. The molecular weight excluding hydrogens is 426 g/mol. The van der Waals surface area contributed by atoms with Crippen LogP contribution in [0.1, 0.15) is 18.9 Å². The molecule has 1 N–H and O–H groups in total. The summed E-state index contributed by atoms with van der Waals surface area (Å²) in [5.41, 5.74) is 2.61. The summed E-state index contributed by atoms with van der Waals surface area (Å²) in [4.78, 5) is 40.1. The van der Waals surface area contributed by atoms with E-state index in [1.54, 1.807) is 38.3 Å². The fraction of sp³-hybridized carbons (Fsp3) is 0.304. The van der Waals surface area contributed by atoms with Crippen molar-refractivity contribution >= 4 is 40.3 Å². The lowest BCUT2D eigenvalue weighted by Crippen LogP contribution is -2.44. The van der Waals surface area contributed by atoms with Crippen LogP contribution in [0.2, 0.25) is 0 Å². The molecule has 1 fully saturated rings. The van der Waals surface area contributed by atoms with E-state index >= 15 is 0 Å². The minimum atomic E-state index is -0.572. The number of carbonyl (C=O) groups excluding carboxylic acids is 2. The van der Waals surface area contributed by atoms with Crippen molar-refractivity contribution in [1.29, 1.82) is 5.26 Å². The number of nitrogens with one attached hydrogen (secondary N) is 1. The van der Waals surface area contributed by atoms with Crippen LogP contribution in [-0.2, 0) is 22.7 Å². The Hall–Kier alpha value is -3.51. The van der Waals surface area contributed by atoms with Crippen LogP contribution < -0.4 is 11.0 Å². The number of amides is 2. The molecule has 2 heterocycles. The van der Waals surface area contributed by atoms with Crippen molar-refractivity contribution in [3.63, 3.8) is 0 Å². The first-order valence-corrected chi connectivity index (χ1v) is 11.5. The summed E-state index contributed by atoms with van der Waals surface area (Å²) in [6, 6.07) is 15.6. The zero-order valence-electron chi connectivity index (χ0n) is 17.7. The van der Waals surface area contributed by atoms with Gasteiger partial charge in [0.2, 0.25) is 11.8 Å². The van der Waals surface area contributed by atoms with Crippen LogP contribution >= 0.6 is 11.8 Å². The Morgan fingerprint density at radius 2 is 1.81 bits per heavy atom. The highest BCUT2D eigenvalue weighted by Crippen LogP contribution is 2.24. The average Bonchev–Trinajstić information content (AvgIpc) is 3.40. The smallest absolute Gasteiger partial charge is 0.324 e. The highest BCUT2D eigenvalue weighted by Gasteiger charge is 2.34. The molecule has 164 valence electrons. The first kappa shape index (κ1) is 21.7. The second kappa shape index (κ2) is 9.32. The second-order valence-electron chi connectivity index (χ2n) is 7.47. The average molecular weight is 450 g/mol. The highest BCUT2D eigenvalue weighted by molar-refractivity contribution is 7.99. The third-order valence-corrected chi connectivity index (χ3v) is 6.59. The number of aryl methyl sites for hydroxylation is 2. The molecule has 0 spiro atoms. The molecule has 0 radical (unpaired) electrons. The summed E-state index contributed by atoms with van der Waals surface area (Å²) in [6.45, 7) is 2.73. The fourth-order valence-electron chi connectivity index (χ4n) is 3.90. The fourth-order valence-corrected chi connectivity index (χ4v) is 5.09. The minimum absolute atomic E-state index is 0.132. The maximum Gasteiger partial charge on any atom is 0.329 e. The summed E-state index contributed by atoms with van der Waals surface area (Å²) in [5, 5.41) is 11.7. The Morgan fingerprint density at radius 3 is 2.47 bits per heavy atom. The molecule has 1 aromatic heterocycles. The number of fused-ring (bicyclic) bond motifs is 1. The van der Waals surface area contributed by atoms with Crippen LogP contribution in [0.3, 0.4) is 0 Å². The van der Waals surface area contributed by atoms with Crippen LogP contribution in [-0.4, -0.2) is 43.5 Å². The predicted octanol–water partition coefficient (Wildman–Crippen LogP) is 2.62. The Morgan fingerprint density at radius 1 is 1.12 bits per heavy atom. The van der Waals surface area contributed by atoms with Crippen LogP contribution in [0.5, 0.6) is 0 Å². The Kier molecular flexibility index (Phi) is 6.32. The van der Waals surface area contributed by atoms with E-state index in [0.717, 1.165) is 11.0 Å². The van der Waals surface area contributed by atoms with E-state index in [9.17, 15) is 14.4 Å². The van der Waals surface area contributed by atoms with Crippen LogP contribution in [0.4, 0.5) is 5.69 Å². The second-order valence-corrected chi connectivity index (χ2v) is 8.47. The monoisotopic (exact) mass is 449 g/mol. The lowest BCUT2D eigenvalue weighted by Gasteiger charge is -2.23. The predicted molar refractivity (Wildman–Crippen MR) is 124 cm³/mol. The molecule has 32 heavy (non-hydrogen) atoms. The standard InChI is InChI=1S/C23H23N5O3S/c1-2-26-18-5-3-4-6-19(18)27(23(26)31)12-11-21(29)28-15-32-14-20(28)22(30)25-17-9-7-16(13-24)8-10-17/h3-10,20H,2,11-12,14-15H2,1H3,(H,25,30). The van der Waals surface area contributed by atoms with Gasteiger partial charge in [-0.25, -0.2) is 4.79 Å². The SMILES string of the molecule is CCn1c(=O)n(CCC(=O)N2CSCC2C(=O)Nc2ccc(C#N)cc2)c2ccccc21. The number of thioether (sulfide) groups is 1. The molecule has 0 saturated carbocycles. The van der Waals surface area contributed by atoms with E-state index in [-0.39, 0.29) is 30.5 Å². The zero-order valence-corrected chi connectivity index (χ0v) is 18.5. The largest absolute Gasteiger partial charge is 0.329 e. The molecule has 8 nitrogen and oxygen atoms in total. The number of rotatable bonds is 6. The van der Waals surface area contributed by atoms with Crippen molar-refractivity contribution in [3.8, 4) is 6.07 Å². The third-order valence-electron chi connectivity index (χ3n) is 5.58. The van der Waals surface area contributed by atoms with Crippen LogP contribution in [0.25, 0.3) is 11.0 Å². The van der Waals surface area contributed by atoms with Gasteiger partial charge in [0, 0.05) is 31.0 Å². The van der Waals surface area contributed by atoms with E-state index < -0.39 is 6.04 Å². The van der Waals surface area contributed by atoms with E-state index in [0.29, 0.717) is 29.4 Å². The summed E-state index contributed by atoms with van der Waals surface area (Å²) in [6.07, 6.45) is 0.138. The van der Waals surface area contributed by atoms with Gasteiger partial charge in [-0.05, 0) is 43.3 Å². The molecule has 0 bridgehead atoms.